The van der Waals surface area contributed by atoms with Crippen LogP contribution in [0.4, 0.5) is 0 Å². The standard InChI is InChI=1S/C21H26INO4/c1-22(2)23-7-6-12-10-18(26-4)21(27-5)20-14-11-17(25-3)16(24)9-13(14)8-15(23)19(12)20/h9-11,15,24H,6-8H2,1-5H3/t15-/m0/s1. The van der Waals surface area contributed by atoms with Crippen LogP contribution < -0.4 is 14.2 Å². The van der Waals surface area contributed by atoms with E-state index in [-0.39, 0.29) is 5.75 Å². The number of ether oxygens (including phenoxy) is 3. The monoisotopic (exact) mass is 483 g/mol. The molecule has 1 N–H and O–H groups in total. The van der Waals surface area contributed by atoms with Crippen LogP contribution >= 0.6 is 20.1 Å². The topological polar surface area (TPSA) is 51.2 Å². The van der Waals surface area contributed by atoms with Gasteiger partial charge in [0.05, 0.1) is 0 Å². The van der Waals surface area contributed by atoms with Crippen LogP contribution in [-0.4, -0.2) is 46.0 Å². The molecule has 0 saturated heterocycles. The molecule has 0 radical (unpaired) electrons. The summed E-state index contributed by atoms with van der Waals surface area (Å²) in [5.74, 6) is 2.21. The van der Waals surface area contributed by atoms with E-state index in [0.717, 1.165) is 47.6 Å². The third-order valence-electron chi connectivity index (χ3n) is 5.58. The van der Waals surface area contributed by atoms with Gasteiger partial charge in [0, 0.05) is 0 Å². The van der Waals surface area contributed by atoms with E-state index in [9.17, 15) is 5.11 Å². The Hall–Kier alpha value is -1.67. The summed E-state index contributed by atoms with van der Waals surface area (Å²) < 4.78 is 19.6. The molecular weight excluding hydrogens is 457 g/mol. The van der Waals surface area contributed by atoms with E-state index in [4.69, 9.17) is 14.2 Å². The maximum absolute atomic E-state index is 10.4. The molecule has 146 valence electrons. The Morgan fingerprint density at radius 1 is 1.00 bits per heavy atom. The molecule has 0 spiro atoms. The molecule has 2 aromatic rings. The van der Waals surface area contributed by atoms with Gasteiger partial charge in [-0.3, -0.25) is 0 Å². The van der Waals surface area contributed by atoms with Gasteiger partial charge >= 0.3 is 168 Å². The molecule has 0 fully saturated rings. The SMILES string of the molecule is COc1cc2c(cc1O)C[C@H]1c3c(cc(OC)c(OC)c3-2)CCN1I(C)C. The van der Waals surface area contributed by atoms with Crippen LogP contribution in [0.5, 0.6) is 23.0 Å². The van der Waals surface area contributed by atoms with Crippen molar-refractivity contribution in [1.29, 1.82) is 0 Å². The zero-order valence-corrected chi connectivity index (χ0v) is 18.6. The molecule has 1 aliphatic carbocycles. The summed E-state index contributed by atoms with van der Waals surface area (Å²) >= 11 is -1.17. The number of phenols is 1. The molecular formula is C21H26INO4. The van der Waals surface area contributed by atoms with Crippen LogP contribution in [0.1, 0.15) is 22.7 Å². The molecule has 0 bridgehead atoms. The molecule has 0 amide bonds. The number of phenolic OH excluding ortho intramolecular Hbond substituents is 1. The number of methoxy groups -OCH3 is 3. The van der Waals surface area contributed by atoms with Gasteiger partial charge in [0.15, 0.2) is 0 Å². The number of benzene rings is 2. The molecule has 0 aromatic heterocycles. The Bertz CT molecular complexity index is 896. The molecule has 2 aromatic carbocycles. The Labute approximate surface area is 168 Å². The quantitative estimate of drug-likeness (QED) is 0.401. The Kier molecular flexibility index (Phi) is 4.88. The molecule has 2 aliphatic rings. The number of halogens is 1. The summed E-state index contributed by atoms with van der Waals surface area (Å²) in [4.78, 5) is 4.80. The molecule has 27 heavy (non-hydrogen) atoms. The van der Waals surface area contributed by atoms with Gasteiger partial charge in [-0.25, -0.2) is 0 Å². The first-order valence-corrected chi connectivity index (χ1v) is 14.2. The zero-order valence-electron chi connectivity index (χ0n) is 16.4. The van der Waals surface area contributed by atoms with Crippen molar-refractivity contribution in [2.45, 2.75) is 18.9 Å². The number of rotatable bonds is 4. The second kappa shape index (κ2) is 7.05. The van der Waals surface area contributed by atoms with Crippen LogP contribution in [0.15, 0.2) is 18.2 Å². The van der Waals surface area contributed by atoms with Crippen molar-refractivity contribution < 1.29 is 19.3 Å². The average Bonchev–Trinajstić information content (AvgIpc) is 2.66. The van der Waals surface area contributed by atoms with Crippen molar-refractivity contribution in [2.75, 3.05) is 37.7 Å². The molecule has 1 atom stereocenters. The minimum absolute atomic E-state index is 0.188. The molecule has 6 heteroatoms. The fourth-order valence-corrected chi connectivity index (χ4v) is 7.46. The van der Waals surface area contributed by atoms with Crippen LogP contribution in [0.2, 0.25) is 0 Å². The van der Waals surface area contributed by atoms with Gasteiger partial charge in [-0.05, 0) is 0 Å². The number of aromatic hydroxyl groups is 1. The van der Waals surface area contributed by atoms with E-state index in [1.54, 1.807) is 21.3 Å². The fourth-order valence-electron chi connectivity index (χ4n) is 4.43. The van der Waals surface area contributed by atoms with E-state index in [0.29, 0.717) is 11.8 Å². The molecule has 4 rings (SSSR count). The van der Waals surface area contributed by atoms with Crippen LogP contribution in [0, 0.1) is 0 Å². The predicted molar refractivity (Wildman–Crippen MR) is 116 cm³/mol. The number of alkyl halides is 2. The van der Waals surface area contributed by atoms with E-state index in [1.165, 1.54) is 11.1 Å². The third kappa shape index (κ3) is 2.84. The minimum atomic E-state index is -1.17. The number of fused-ring (bicyclic) bond motifs is 2. The molecule has 5 nitrogen and oxygen atoms in total. The Morgan fingerprint density at radius 2 is 1.74 bits per heavy atom. The van der Waals surface area contributed by atoms with Crippen molar-refractivity contribution in [2.24, 2.45) is 0 Å². The summed E-state index contributed by atoms with van der Waals surface area (Å²) in [5, 5.41) is 10.4. The summed E-state index contributed by atoms with van der Waals surface area (Å²) in [7, 11) is 4.96. The van der Waals surface area contributed by atoms with Crippen molar-refractivity contribution in [1.82, 2.24) is 3.11 Å². The van der Waals surface area contributed by atoms with Crippen molar-refractivity contribution in [3.05, 3.63) is 34.9 Å². The van der Waals surface area contributed by atoms with Gasteiger partial charge in [0.25, 0.3) is 0 Å². The zero-order chi connectivity index (χ0) is 19.3. The first-order chi connectivity index (χ1) is 13.0. The normalized spacial score (nSPS) is 18.4. The van der Waals surface area contributed by atoms with Gasteiger partial charge in [0.1, 0.15) is 0 Å². The summed E-state index contributed by atoms with van der Waals surface area (Å²) in [6, 6.07) is 6.27. The fraction of sp³-hybridized carbons (Fsp3) is 0.429. The van der Waals surface area contributed by atoms with Gasteiger partial charge in [-0.1, -0.05) is 0 Å². The first kappa shape index (κ1) is 18.7. The summed E-state index contributed by atoms with van der Waals surface area (Å²) in [6.45, 7) is 1.09. The Morgan fingerprint density at radius 3 is 2.37 bits per heavy atom. The number of nitrogens with zero attached hydrogens (tertiary/aromatic N) is 1. The van der Waals surface area contributed by atoms with E-state index < -0.39 is 20.1 Å². The number of hydrogen-bond donors (Lipinski definition) is 1. The molecule has 0 saturated carbocycles. The van der Waals surface area contributed by atoms with Crippen LogP contribution in [-0.2, 0) is 12.8 Å². The molecule has 1 aliphatic heterocycles. The Balaban J connectivity index is 2.05. The average molecular weight is 483 g/mol. The molecule has 0 unspecified atom stereocenters. The molecule has 1 heterocycles. The third-order valence-corrected chi connectivity index (χ3v) is 9.22. The first-order valence-electron chi connectivity index (χ1n) is 8.95. The maximum atomic E-state index is 10.4. The summed E-state index contributed by atoms with van der Waals surface area (Å²) in [5.41, 5.74) is 6.01. The van der Waals surface area contributed by atoms with E-state index in [1.807, 2.05) is 12.1 Å². The second-order valence-corrected chi connectivity index (χ2v) is 12.4. The van der Waals surface area contributed by atoms with Crippen molar-refractivity contribution in [3.8, 4) is 34.1 Å². The van der Waals surface area contributed by atoms with Gasteiger partial charge in [-0.2, -0.15) is 0 Å². The van der Waals surface area contributed by atoms with Crippen LogP contribution in [0.25, 0.3) is 11.1 Å². The van der Waals surface area contributed by atoms with Gasteiger partial charge < -0.3 is 0 Å². The van der Waals surface area contributed by atoms with E-state index >= 15 is 0 Å². The number of hydrogen-bond acceptors (Lipinski definition) is 5. The van der Waals surface area contributed by atoms with Crippen molar-refractivity contribution in [3.63, 3.8) is 0 Å². The van der Waals surface area contributed by atoms with Crippen LogP contribution in [0.3, 0.4) is 0 Å². The summed E-state index contributed by atoms with van der Waals surface area (Å²) in [6.07, 6.45) is 1.93. The predicted octanol–water partition coefficient (Wildman–Crippen LogP) is 4.22. The second-order valence-electron chi connectivity index (χ2n) is 7.05. The van der Waals surface area contributed by atoms with Gasteiger partial charge in [0.2, 0.25) is 0 Å². The van der Waals surface area contributed by atoms with E-state index in [2.05, 4.69) is 19.0 Å². The van der Waals surface area contributed by atoms with Crippen molar-refractivity contribution >= 4 is 20.1 Å². The van der Waals surface area contributed by atoms with Gasteiger partial charge in [-0.15, -0.1) is 0 Å².